The van der Waals surface area contributed by atoms with E-state index in [2.05, 4.69) is 37.2 Å². The first-order chi connectivity index (χ1) is 7.35. The van der Waals surface area contributed by atoms with Crippen LogP contribution in [0.3, 0.4) is 0 Å². The van der Waals surface area contributed by atoms with E-state index in [1.165, 1.54) is 0 Å². The lowest BCUT2D eigenvalue weighted by Crippen LogP contribution is -2.42. The molecule has 0 saturated carbocycles. The van der Waals surface area contributed by atoms with Gasteiger partial charge in [-0.25, -0.2) is 0 Å². The number of nitriles is 1. The number of rotatable bonds is 2. The van der Waals surface area contributed by atoms with Gasteiger partial charge in [0.25, 0.3) is 5.91 Å². The Hall–Kier alpha value is -0.860. The van der Waals surface area contributed by atoms with E-state index in [1.54, 1.807) is 26.0 Å². The summed E-state index contributed by atoms with van der Waals surface area (Å²) in [7, 11) is 0. The number of carbonyl (C=O) groups excluding carboxylic acids is 1. The lowest BCUT2D eigenvalue weighted by atomic mass is 10.1. The standard InChI is InChI=1S/C11H10Br2N2O/c1-11(2,6-14)15-10(16)8-5-7(12)3-4-9(8)13/h3-5H,1-2H3,(H,15,16). The number of carbonyl (C=O) groups is 1. The van der Waals surface area contributed by atoms with Crippen LogP contribution >= 0.6 is 31.9 Å². The Morgan fingerprint density at radius 2 is 2.06 bits per heavy atom. The number of benzene rings is 1. The summed E-state index contributed by atoms with van der Waals surface area (Å²) < 4.78 is 1.51. The van der Waals surface area contributed by atoms with Gasteiger partial charge in [0, 0.05) is 8.95 Å². The molecule has 84 valence electrons. The highest BCUT2D eigenvalue weighted by Crippen LogP contribution is 2.22. The Morgan fingerprint density at radius 3 is 2.62 bits per heavy atom. The fourth-order valence-electron chi connectivity index (χ4n) is 1.05. The van der Waals surface area contributed by atoms with Crippen LogP contribution < -0.4 is 5.32 Å². The molecule has 1 aromatic carbocycles. The Morgan fingerprint density at radius 1 is 1.44 bits per heavy atom. The van der Waals surface area contributed by atoms with Crippen LogP contribution in [0, 0.1) is 11.3 Å². The minimum Gasteiger partial charge on any atom is -0.334 e. The number of nitrogens with zero attached hydrogens (tertiary/aromatic N) is 1. The fourth-order valence-corrected chi connectivity index (χ4v) is 1.84. The molecule has 0 unspecified atom stereocenters. The number of amides is 1. The van der Waals surface area contributed by atoms with Gasteiger partial charge in [0.1, 0.15) is 5.54 Å². The van der Waals surface area contributed by atoms with Crippen molar-refractivity contribution in [3.8, 4) is 6.07 Å². The van der Waals surface area contributed by atoms with Gasteiger partial charge in [-0.3, -0.25) is 4.79 Å². The van der Waals surface area contributed by atoms with E-state index in [0.717, 1.165) is 4.47 Å². The van der Waals surface area contributed by atoms with Gasteiger partial charge in [0.2, 0.25) is 0 Å². The molecule has 5 heteroatoms. The van der Waals surface area contributed by atoms with E-state index in [0.29, 0.717) is 10.0 Å². The average molecular weight is 346 g/mol. The van der Waals surface area contributed by atoms with Crippen LogP contribution in [0.15, 0.2) is 27.1 Å². The van der Waals surface area contributed by atoms with Crippen molar-refractivity contribution in [2.75, 3.05) is 0 Å². The molecule has 0 aromatic heterocycles. The number of nitrogens with one attached hydrogen (secondary N) is 1. The minimum absolute atomic E-state index is 0.278. The summed E-state index contributed by atoms with van der Waals surface area (Å²) in [5.41, 5.74) is -0.378. The molecule has 16 heavy (non-hydrogen) atoms. The van der Waals surface area contributed by atoms with Gasteiger partial charge >= 0.3 is 0 Å². The first-order valence-corrected chi connectivity index (χ1v) is 6.13. The molecule has 0 aliphatic heterocycles. The van der Waals surface area contributed by atoms with Crippen molar-refractivity contribution < 1.29 is 4.79 Å². The van der Waals surface area contributed by atoms with E-state index in [-0.39, 0.29) is 5.91 Å². The lowest BCUT2D eigenvalue weighted by Gasteiger charge is -2.18. The maximum absolute atomic E-state index is 11.9. The first kappa shape index (κ1) is 13.2. The third kappa shape index (κ3) is 3.32. The molecule has 1 amide bonds. The summed E-state index contributed by atoms with van der Waals surface area (Å²) in [6.07, 6.45) is 0. The largest absolute Gasteiger partial charge is 0.334 e. The molecule has 0 saturated heterocycles. The van der Waals surface area contributed by atoms with Crippen molar-refractivity contribution in [3.63, 3.8) is 0 Å². The molecule has 0 atom stereocenters. The molecule has 0 aliphatic rings. The zero-order chi connectivity index (χ0) is 12.3. The van der Waals surface area contributed by atoms with Crippen LogP contribution in [0.1, 0.15) is 24.2 Å². The molecule has 0 heterocycles. The van der Waals surface area contributed by atoms with Gasteiger partial charge in [-0.05, 0) is 48.0 Å². The van der Waals surface area contributed by atoms with Gasteiger partial charge in [0.15, 0.2) is 0 Å². The normalized spacial score (nSPS) is 10.7. The predicted molar refractivity (Wildman–Crippen MR) is 69.0 cm³/mol. The second-order valence-corrected chi connectivity index (χ2v) is 5.59. The van der Waals surface area contributed by atoms with E-state index < -0.39 is 5.54 Å². The number of hydrogen-bond acceptors (Lipinski definition) is 2. The molecule has 0 radical (unpaired) electrons. The number of halogens is 2. The monoisotopic (exact) mass is 344 g/mol. The third-order valence-corrected chi connectivity index (χ3v) is 3.06. The van der Waals surface area contributed by atoms with E-state index in [9.17, 15) is 4.79 Å². The quantitative estimate of drug-likeness (QED) is 0.894. The van der Waals surface area contributed by atoms with Crippen molar-refractivity contribution in [2.24, 2.45) is 0 Å². The summed E-state index contributed by atoms with van der Waals surface area (Å²) in [4.78, 5) is 11.9. The van der Waals surface area contributed by atoms with Crippen LogP contribution in [0.25, 0.3) is 0 Å². The minimum atomic E-state index is -0.876. The number of hydrogen-bond donors (Lipinski definition) is 1. The summed E-state index contributed by atoms with van der Waals surface area (Å²) in [5, 5.41) is 11.5. The van der Waals surface area contributed by atoms with Gasteiger partial charge in [-0.15, -0.1) is 0 Å². The van der Waals surface area contributed by atoms with Crippen molar-refractivity contribution in [1.82, 2.24) is 5.32 Å². The van der Waals surface area contributed by atoms with Gasteiger partial charge < -0.3 is 5.32 Å². The van der Waals surface area contributed by atoms with Crippen LogP contribution in [-0.2, 0) is 0 Å². The van der Waals surface area contributed by atoms with Gasteiger partial charge in [0.05, 0.1) is 11.6 Å². The highest BCUT2D eigenvalue weighted by Gasteiger charge is 2.21. The Kier molecular flexibility index (Phi) is 4.11. The zero-order valence-electron chi connectivity index (χ0n) is 8.84. The molecule has 0 spiro atoms. The first-order valence-electron chi connectivity index (χ1n) is 4.54. The topological polar surface area (TPSA) is 52.9 Å². The van der Waals surface area contributed by atoms with Crippen molar-refractivity contribution in [1.29, 1.82) is 5.26 Å². The second-order valence-electron chi connectivity index (χ2n) is 3.82. The van der Waals surface area contributed by atoms with Crippen LogP contribution in [0.2, 0.25) is 0 Å². The molecule has 1 N–H and O–H groups in total. The molecule has 3 nitrogen and oxygen atoms in total. The maximum atomic E-state index is 11.9. The van der Waals surface area contributed by atoms with Gasteiger partial charge in [-0.1, -0.05) is 15.9 Å². The molecule has 0 fully saturated rings. The molecular weight excluding hydrogens is 336 g/mol. The highest BCUT2D eigenvalue weighted by molar-refractivity contribution is 9.11. The average Bonchev–Trinajstić information content (AvgIpc) is 2.21. The predicted octanol–water partition coefficient (Wildman–Crippen LogP) is 3.24. The zero-order valence-corrected chi connectivity index (χ0v) is 12.0. The SMILES string of the molecule is CC(C)(C#N)NC(=O)c1cc(Br)ccc1Br. The maximum Gasteiger partial charge on any atom is 0.253 e. The van der Waals surface area contributed by atoms with Crippen molar-refractivity contribution >= 4 is 37.8 Å². The van der Waals surface area contributed by atoms with E-state index in [1.807, 2.05) is 12.1 Å². The molecule has 1 rings (SSSR count). The summed E-state index contributed by atoms with van der Waals surface area (Å²) in [5.74, 6) is -0.278. The molecular formula is C11H10Br2N2O. The van der Waals surface area contributed by atoms with E-state index in [4.69, 9.17) is 5.26 Å². The highest BCUT2D eigenvalue weighted by atomic mass is 79.9. The summed E-state index contributed by atoms with van der Waals surface area (Å²) in [6.45, 7) is 3.30. The Labute approximate surface area is 111 Å². The molecule has 1 aromatic rings. The lowest BCUT2D eigenvalue weighted by molar-refractivity contribution is 0.0928. The van der Waals surface area contributed by atoms with Crippen molar-refractivity contribution in [3.05, 3.63) is 32.7 Å². The fraction of sp³-hybridized carbons (Fsp3) is 0.273. The molecule has 0 bridgehead atoms. The van der Waals surface area contributed by atoms with E-state index >= 15 is 0 Å². The third-order valence-electron chi connectivity index (χ3n) is 1.88. The summed E-state index contributed by atoms with van der Waals surface area (Å²) in [6, 6.07) is 7.32. The second kappa shape index (κ2) is 4.98. The van der Waals surface area contributed by atoms with Gasteiger partial charge in [-0.2, -0.15) is 5.26 Å². The smallest absolute Gasteiger partial charge is 0.253 e. The van der Waals surface area contributed by atoms with Crippen LogP contribution in [0.5, 0.6) is 0 Å². The summed E-state index contributed by atoms with van der Waals surface area (Å²) >= 11 is 6.59. The molecule has 0 aliphatic carbocycles. The van der Waals surface area contributed by atoms with Crippen molar-refractivity contribution in [2.45, 2.75) is 19.4 Å². The van der Waals surface area contributed by atoms with Crippen LogP contribution in [-0.4, -0.2) is 11.4 Å². The Bertz CT molecular complexity index is 464. The Balaban J connectivity index is 2.98. The van der Waals surface area contributed by atoms with Crippen LogP contribution in [0.4, 0.5) is 0 Å².